The number of rotatable bonds is 6. The molecule has 2 aromatic carbocycles. The lowest BCUT2D eigenvalue weighted by molar-refractivity contribution is -0.191. The van der Waals surface area contributed by atoms with E-state index in [9.17, 15) is 14.4 Å². The van der Waals surface area contributed by atoms with Crippen LogP contribution in [0.1, 0.15) is 64.5 Å². The average Bonchev–Trinajstić information content (AvgIpc) is 2.82. The molecule has 1 saturated heterocycles. The third-order valence-corrected chi connectivity index (χ3v) is 4.82. The molecular formula is C25H26O8. The van der Waals surface area contributed by atoms with E-state index in [0.717, 1.165) is 0 Å². The summed E-state index contributed by atoms with van der Waals surface area (Å²) in [6.07, 6.45) is -0.197. The van der Waals surface area contributed by atoms with Gasteiger partial charge in [-0.2, -0.15) is 0 Å². The van der Waals surface area contributed by atoms with Gasteiger partial charge in [0.15, 0.2) is 0 Å². The molecule has 0 amide bonds. The molecule has 1 fully saturated rings. The molecule has 0 bridgehead atoms. The summed E-state index contributed by atoms with van der Waals surface area (Å²) in [4.78, 5) is 36.2. The predicted octanol–water partition coefficient (Wildman–Crippen LogP) is 4.27. The molecule has 0 saturated carbocycles. The van der Waals surface area contributed by atoms with Crippen molar-refractivity contribution in [3.05, 3.63) is 82.6 Å². The summed E-state index contributed by atoms with van der Waals surface area (Å²) in [6.45, 7) is 3.51. The van der Waals surface area contributed by atoms with Gasteiger partial charge in [-0.3, -0.25) is 0 Å². The topological polar surface area (TPSA) is 97.4 Å². The molecule has 1 aliphatic rings. The van der Waals surface area contributed by atoms with Crippen LogP contribution in [-0.2, 0) is 28.5 Å². The fraction of sp³-hybridized carbons (Fsp3) is 0.320. The van der Waals surface area contributed by atoms with Crippen molar-refractivity contribution >= 4 is 17.9 Å². The molecule has 1 aliphatic heterocycles. The Bertz CT molecular complexity index is 986. The summed E-state index contributed by atoms with van der Waals surface area (Å²) in [5.74, 6) is -1.14. The summed E-state index contributed by atoms with van der Waals surface area (Å²) >= 11 is 0. The lowest BCUT2D eigenvalue weighted by Gasteiger charge is -2.33. The quantitative estimate of drug-likeness (QED) is 0.363. The van der Waals surface area contributed by atoms with Gasteiger partial charge in [0, 0.05) is 12.0 Å². The van der Waals surface area contributed by atoms with Crippen molar-refractivity contribution in [3.63, 3.8) is 0 Å². The molecule has 8 heteroatoms. The van der Waals surface area contributed by atoms with Crippen LogP contribution in [0.5, 0.6) is 0 Å². The van der Waals surface area contributed by atoms with Crippen LogP contribution in [0.3, 0.4) is 0 Å². The Hall–Kier alpha value is -3.65. The van der Waals surface area contributed by atoms with Crippen molar-refractivity contribution in [2.45, 2.75) is 38.8 Å². The van der Waals surface area contributed by atoms with Crippen LogP contribution in [-0.4, -0.2) is 38.2 Å². The maximum absolute atomic E-state index is 12.2. The van der Waals surface area contributed by atoms with Gasteiger partial charge >= 0.3 is 17.9 Å². The second-order valence-electron chi connectivity index (χ2n) is 7.61. The molecule has 0 aromatic heterocycles. The van der Waals surface area contributed by atoms with Crippen molar-refractivity contribution < 1.29 is 38.1 Å². The van der Waals surface area contributed by atoms with E-state index < -0.39 is 30.3 Å². The van der Waals surface area contributed by atoms with Gasteiger partial charge in [-0.05, 0) is 43.7 Å². The Morgan fingerprint density at radius 3 is 2.09 bits per heavy atom. The van der Waals surface area contributed by atoms with Crippen LogP contribution >= 0.6 is 0 Å². The van der Waals surface area contributed by atoms with Crippen LogP contribution in [0.25, 0.3) is 0 Å². The van der Waals surface area contributed by atoms with E-state index in [0.29, 0.717) is 28.0 Å². The molecule has 33 heavy (non-hydrogen) atoms. The summed E-state index contributed by atoms with van der Waals surface area (Å²) in [7, 11) is 2.61. The number of methoxy groups -OCH3 is 2. The molecule has 0 radical (unpaired) electrons. The van der Waals surface area contributed by atoms with Crippen LogP contribution in [0, 0.1) is 0 Å². The molecular weight excluding hydrogens is 428 g/mol. The molecule has 2 aromatic rings. The fourth-order valence-electron chi connectivity index (χ4n) is 3.34. The number of esters is 3. The van der Waals surface area contributed by atoms with E-state index in [1.54, 1.807) is 56.3 Å². The third kappa shape index (κ3) is 6.20. The summed E-state index contributed by atoms with van der Waals surface area (Å²) in [6, 6.07) is 13.5. The number of hydrogen-bond donors (Lipinski definition) is 0. The minimum Gasteiger partial charge on any atom is -0.465 e. The molecule has 0 spiro atoms. The summed E-state index contributed by atoms with van der Waals surface area (Å²) < 4.78 is 26.9. The first-order valence-electron chi connectivity index (χ1n) is 10.4. The Labute approximate surface area is 192 Å². The Morgan fingerprint density at radius 2 is 1.52 bits per heavy atom. The maximum Gasteiger partial charge on any atom is 0.337 e. The molecule has 3 rings (SSSR count). The van der Waals surface area contributed by atoms with Gasteiger partial charge in [0.2, 0.25) is 6.29 Å². The molecule has 1 heterocycles. The van der Waals surface area contributed by atoms with Gasteiger partial charge < -0.3 is 23.7 Å². The van der Waals surface area contributed by atoms with E-state index >= 15 is 0 Å². The fourth-order valence-corrected chi connectivity index (χ4v) is 3.34. The highest BCUT2D eigenvalue weighted by molar-refractivity contribution is 5.90. The van der Waals surface area contributed by atoms with Crippen molar-refractivity contribution in [1.82, 2.24) is 0 Å². The minimum atomic E-state index is -0.909. The first-order chi connectivity index (χ1) is 15.8. The van der Waals surface area contributed by atoms with Gasteiger partial charge in [0.25, 0.3) is 0 Å². The number of ether oxygens (including phenoxy) is 5. The maximum atomic E-state index is 12.2. The zero-order valence-corrected chi connectivity index (χ0v) is 18.9. The standard InChI is InChI=1S/C25H26O8/c1-15(2)31-22(26)14-20-13-21(16-7-5-8-17(11-16)23(27)29-3)33-25(32-20)19-10-6-9-18(12-19)24(28)30-4/h5-12,14-15,21,25H,13H2,1-4H3/t21-,25-/m0/s1. The lowest BCUT2D eigenvalue weighted by Crippen LogP contribution is -2.22. The van der Waals surface area contributed by atoms with Crippen molar-refractivity contribution in [3.8, 4) is 0 Å². The highest BCUT2D eigenvalue weighted by atomic mass is 16.7. The highest BCUT2D eigenvalue weighted by Crippen LogP contribution is 2.40. The smallest absolute Gasteiger partial charge is 0.337 e. The largest absolute Gasteiger partial charge is 0.465 e. The monoisotopic (exact) mass is 454 g/mol. The van der Waals surface area contributed by atoms with E-state index in [1.807, 2.05) is 6.07 Å². The van der Waals surface area contributed by atoms with Gasteiger partial charge in [-0.25, -0.2) is 14.4 Å². The van der Waals surface area contributed by atoms with Crippen LogP contribution < -0.4 is 0 Å². The first-order valence-corrected chi connectivity index (χ1v) is 10.4. The minimum absolute atomic E-state index is 0.241. The van der Waals surface area contributed by atoms with Crippen LogP contribution in [0.4, 0.5) is 0 Å². The first kappa shape index (κ1) is 24.0. The Kier molecular flexibility index (Phi) is 7.84. The second-order valence-corrected chi connectivity index (χ2v) is 7.61. The molecule has 174 valence electrons. The SMILES string of the molecule is COC(=O)c1cccc([C@H]2OC(=CC(=O)OC(C)C)C[C@@H](c3cccc(C(=O)OC)c3)O2)c1. The lowest BCUT2D eigenvalue weighted by atomic mass is 10.0. The van der Waals surface area contributed by atoms with E-state index in [1.165, 1.54) is 20.3 Å². The molecule has 0 unspecified atom stereocenters. The summed E-state index contributed by atoms with van der Waals surface area (Å²) in [5.41, 5.74) is 1.98. The molecule has 0 N–H and O–H groups in total. The Morgan fingerprint density at radius 1 is 0.939 bits per heavy atom. The van der Waals surface area contributed by atoms with Crippen molar-refractivity contribution in [2.75, 3.05) is 14.2 Å². The second kappa shape index (κ2) is 10.8. The Balaban J connectivity index is 1.96. The zero-order chi connectivity index (χ0) is 24.0. The number of carbonyl (C=O) groups is 3. The highest BCUT2D eigenvalue weighted by Gasteiger charge is 2.31. The summed E-state index contributed by atoms with van der Waals surface area (Å²) in [5, 5.41) is 0. The van der Waals surface area contributed by atoms with E-state index in [2.05, 4.69) is 0 Å². The van der Waals surface area contributed by atoms with Crippen LogP contribution in [0.2, 0.25) is 0 Å². The van der Waals surface area contributed by atoms with Gasteiger partial charge in [0.1, 0.15) is 5.76 Å². The normalized spacial score (nSPS) is 19.0. The zero-order valence-electron chi connectivity index (χ0n) is 18.9. The average molecular weight is 454 g/mol. The van der Waals surface area contributed by atoms with Gasteiger partial charge in [-0.1, -0.05) is 24.3 Å². The van der Waals surface area contributed by atoms with Crippen LogP contribution in [0.15, 0.2) is 60.4 Å². The third-order valence-electron chi connectivity index (χ3n) is 4.82. The van der Waals surface area contributed by atoms with Gasteiger partial charge in [0.05, 0.1) is 43.6 Å². The van der Waals surface area contributed by atoms with Gasteiger partial charge in [-0.15, -0.1) is 0 Å². The van der Waals surface area contributed by atoms with Crippen molar-refractivity contribution in [1.29, 1.82) is 0 Å². The van der Waals surface area contributed by atoms with E-state index in [-0.39, 0.29) is 12.5 Å². The number of hydrogen-bond acceptors (Lipinski definition) is 8. The number of benzene rings is 2. The molecule has 8 nitrogen and oxygen atoms in total. The van der Waals surface area contributed by atoms with Crippen molar-refractivity contribution in [2.24, 2.45) is 0 Å². The molecule has 2 atom stereocenters. The molecule has 0 aliphatic carbocycles. The predicted molar refractivity (Wildman–Crippen MR) is 117 cm³/mol. The van der Waals surface area contributed by atoms with E-state index in [4.69, 9.17) is 23.7 Å². The number of carbonyl (C=O) groups excluding carboxylic acids is 3.